The quantitative estimate of drug-likeness (QED) is 0.688. The van der Waals surface area contributed by atoms with Crippen LogP contribution in [0.4, 0.5) is 0 Å². The molecule has 0 atom stereocenters. The van der Waals surface area contributed by atoms with Gasteiger partial charge in [0.2, 0.25) is 0 Å². The Kier molecular flexibility index (Phi) is 3.36. The Balaban J connectivity index is 2.11. The van der Waals surface area contributed by atoms with Gasteiger partial charge in [0.25, 0.3) is 0 Å². The average Bonchev–Trinajstić information content (AvgIpc) is 2.48. The third kappa shape index (κ3) is 2.36. The Morgan fingerprint density at radius 3 is 2.60 bits per heavy atom. The Morgan fingerprint density at radius 2 is 1.85 bits per heavy atom. The van der Waals surface area contributed by atoms with E-state index in [1.54, 1.807) is 18.5 Å². The van der Waals surface area contributed by atoms with Gasteiger partial charge in [-0.25, -0.2) is 0 Å². The average molecular weight is 325 g/mol. The van der Waals surface area contributed by atoms with E-state index in [9.17, 15) is 0 Å². The van der Waals surface area contributed by atoms with Crippen molar-refractivity contribution in [2.75, 3.05) is 0 Å². The highest BCUT2D eigenvalue weighted by Crippen LogP contribution is 2.32. The van der Waals surface area contributed by atoms with E-state index < -0.39 is 0 Å². The van der Waals surface area contributed by atoms with Crippen LogP contribution < -0.4 is 4.74 Å². The summed E-state index contributed by atoms with van der Waals surface area (Å²) in [5.41, 5.74) is 0.639. The summed E-state index contributed by atoms with van der Waals surface area (Å²) in [6.45, 7) is 0. The van der Waals surface area contributed by atoms with E-state index in [0.717, 1.165) is 15.2 Å². The molecule has 3 rings (SSSR count). The predicted molar refractivity (Wildman–Crippen MR) is 80.7 cm³/mol. The SMILES string of the molecule is N#Cc1ccc(Oc2cncc(Br)c2)c2ccccc12. The highest BCUT2D eigenvalue weighted by atomic mass is 79.9. The van der Waals surface area contributed by atoms with Crippen LogP contribution in [0.3, 0.4) is 0 Å². The Hall–Kier alpha value is -2.38. The minimum absolute atomic E-state index is 0.639. The molecular formula is C16H9BrN2O. The third-order valence-electron chi connectivity index (χ3n) is 2.91. The largest absolute Gasteiger partial charge is 0.455 e. The first-order valence-corrected chi connectivity index (χ1v) is 6.77. The molecule has 1 heterocycles. The zero-order valence-corrected chi connectivity index (χ0v) is 12.0. The Morgan fingerprint density at radius 1 is 1.05 bits per heavy atom. The van der Waals surface area contributed by atoms with E-state index in [4.69, 9.17) is 10.00 Å². The van der Waals surface area contributed by atoms with Crippen molar-refractivity contribution in [2.24, 2.45) is 0 Å². The van der Waals surface area contributed by atoms with Gasteiger partial charge in [-0.05, 0) is 34.1 Å². The normalized spacial score (nSPS) is 10.2. The molecule has 4 heteroatoms. The highest BCUT2D eigenvalue weighted by molar-refractivity contribution is 9.10. The maximum absolute atomic E-state index is 9.15. The van der Waals surface area contributed by atoms with Crippen LogP contribution in [-0.4, -0.2) is 4.98 Å². The molecule has 3 nitrogen and oxygen atoms in total. The summed E-state index contributed by atoms with van der Waals surface area (Å²) in [5.74, 6) is 1.36. The molecule has 0 saturated carbocycles. The number of rotatable bonds is 2. The second-order valence-corrected chi connectivity index (χ2v) is 5.13. The molecule has 0 unspecified atom stereocenters. The molecule has 0 aliphatic heterocycles. The first-order valence-electron chi connectivity index (χ1n) is 5.98. The van der Waals surface area contributed by atoms with Gasteiger partial charge in [-0.2, -0.15) is 5.26 Å². The second kappa shape index (κ2) is 5.32. The summed E-state index contributed by atoms with van der Waals surface area (Å²) < 4.78 is 6.72. The molecule has 1 aromatic heterocycles. The monoisotopic (exact) mass is 324 g/mol. The maximum Gasteiger partial charge on any atom is 0.146 e. The molecule has 0 amide bonds. The number of hydrogen-bond acceptors (Lipinski definition) is 3. The summed E-state index contributed by atoms with van der Waals surface area (Å²) in [4.78, 5) is 4.07. The number of nitrogens with zero attached hydrogens (tertiary/aromatic N) is 2. The van der Waals surface area contributed by atoms with E-state index in [0.29, 0.717) is 17.1 Å². The van der Waals surface area contributed by atoms with E-state index in [1.807, 2.05) is 36.4 Å². The minimum Gasteiger partial charge on any atom is -0.455 e. The number of aromatic nitrogens is 1. The van der Waals surface area contributed by atoms with Crippen LogP contribution in [0.25, 0.3) is 10.8 Å². The molecule has 96 valence electrons. The van der Waals surface area contributed by atoms with Crippen molar-refractivity contribution < 1.29 is 4.74 Å². The zero-order chi connectivity index (χ0) is 13.9. The summed E-state index contributed by atoms with van der Waals surface area (Å²) in [5, 5.41) is 10.9. The van der Waals surface area contributed by atoms with Gasteiger partial charge in [0.05, 0.1) is 17.8 Å². The topological polar surface area (TPSA) is 45.9 Å². The van der Waals surface area contributed by atoms with Gasteiger partial charge in [0.15, 0.2) is 0 Å². The van der Waals surface area contributed by atoms with Crippen molar-refractivity contribution in [3.05, 3.63) is 64.9 Å². The van der Waals surface area contributed by atoms with Gasteiger partial charge in [-0.15, -0.1) is 0 Å². The fourth-order valence-electron chi connectivity index (χ4n) is 2.03. The standard InChI is InChI=1S/C16H9BrN2O/c17-12-7-13(10-19-9-12)20-16-6-5-11(8-18)14-3-1-2-4-15(14)16/h1-7,9-10H. The van der Waals surface area contributed by atoms with Gasteiger partial charge in [0, 0.05) is 21.4 Å². The molecule has 0 saturated heterocycles. The zero-order valence-electron chi connectivity index (χ0n) is 10.4. The number of benzene rings is 2. The summed E-state index contributed by atoms with van der Waals surface area (Å²) >= 11 is 3.36. The third-order valence-corrected chi connectivity index (χ3v) is 3.35. The van der Waals surface area contributed by atoms with Crippen LogP contribution >= 0.6 is 15.9 Å². The van der Waals surface area contributed by atoms with E-state index in [2.05, 4.69) is 27.0 Å². The van der Waals surface area contributed by atoms with E-state index in [-0.39, 0.29) is 0 Å². The molecule has 2 aromatic carbocycles. The van der Waals surface area contributed by atoms with Crippen molar-refractivity contribution in [2.45, 2.75) is 0 Å². The fourth-order valence-corrected chi connectivity index (χ4v) is 2.38. The van der Waals surface area contributed by atoms with Crippen molar-refractivity contribution in [3.63, 3.8) is 0 Å². The number of pyridine rings is 1. The number of fused-ring (bicyclic) bond motifs is 1. The van der Waals surface area contributed by atoms with Gasteiger partial charge >= 0.3 is 0 Å². The smallest absolute Gasteiger partial charge is 0.146 e. The Labute approximate surface area is 124 Å². The molecule has 0 spiro atoms. The summed E-state index contributed by atoms with van der Waals surface area (Å²) in [6.07, 6.45) is 3.35. The molecule has 0 N–H and O–H groups in total. The molecule has 0 bridgehead atoms. The van der Waals surface area contributed by atoms with Crippen LogP contribution in [-0.2, 0) is 0 Å². The van der Waals surface area contributed by atoms with Gasteiger partial charge in [-0.1, -0.05) is 24.3 Å². The maximum atomic E-state index is 9.15. The lowest BCUT2D eigenvalue weighted by molar-refractivity contribution is 0.485. The van der Waals surface area contributed by atoms with Crippen LogP contribution in [0.15, 0.2) is 59.3 Å². The van der Waals surface area contributed by atoms with Crippen LogP contribution in [0.5, 0.6) is 11.5 Å². The Bertz CT molecular complexity index is 824. The fraction of sp³-hybridized carbons (Fsp3) is 0. The number of hydrogen-bond donors (Lipinski definition) is 0. The number of nitriles is 1. The van der Waals surface area contributed by atoms with Crippen molar-refractivity contribution in [3.8, 4) is 17.6 Å². The lowest BCUT2D eigenvalue weighted by Crippen LogP contribution is -1.89. The second-order valence-electron chi connectivity index (χ2n) is 4.21. The van der Waals surface area contributed by atoms with Gasteiger partial charge in [0.1, 0.15) is 11.5 Å². The summed E-state index contributed by atoms with van der Waals surface area (Å²) in [6, 6.07) is 15.3. The molecule has 20 heavy (non-hydrogen) atoms. The van der Waals surface area contributed by atoms with Gasteiger partial charge < -0.3 is 4.74 Å². The molecule has 0 radical (unpaired) electrons. The number of ether oxygens (including phenoxy) is 1. The van der Waals surface area contributed by atoms with Crippen molar-refractivity contribution in [1.82, 2.24) is 4.98 Å². The predicted octanol–water partition coefficient (Wildman–Crippen LogP) is 4.66. The van der Waals surface area contributed by atoms with Crippen molar-refractivity contribution >= 4 is 26.7 Å². The first kappa shape index (κ1) is 12.6. The lowest BCUT2D eigenvalue weighted by atomic mass is 10.0. The lowest BCUT2D eigenvalue weighted by Gasteiger charge is -2.09. The summed E-state index contributed by atoms with van der Waals surface area (Å²) in [7, 11) is 0. The van der Waals surface area contributed by atoms with E-state index >= 15 is 0 Å². The first-order chi connectivity index (χ1) is 9.78. The van der Waals surface area contributed by atoms with Gasteiger partial charge in [-0.3, -0.25) is 4.98 Å². The molecule has 0 aliphatic carbocycles. The minimum atomic E-state index is 0.639. The molecule has 0 aliphatic rings. The van der Waals surface area contributed by atoms with Crippen molar-refractivity contribution in [1.29, 1.82) is 5.26 Å². The highest BCUT2D eigenvalue weighted by Gasteiger charge is 2.07. The molecule has 0 fully saturated rings. The number of halogens is 1. The molecule has 3 aromatic rings. The van der Waals surface area contributed by atoms with Crippen LogP contribution in [0.1, 0.15) is 5.56 Å². The molecular weight excluding hydrogens is 316 g/mol. The van der Waals surface area contributed by atoms with E-state index in [1.165, 1.54) is 0 Å². The van der Waals surface area contributed by atoms with Crippen LogP contribution in [0, 0.1) is 11.3 Å². The van der Waals surface area contributed by atoms with Crippen LogP contribution in [0.2, 0.25) is 0 Å².